The van der Waals surface area contributed by atoms with Crippen LogP contribution < -0.4 is 15.4 Å². The minimum atomic E-state index is 0. The molecule has 0 amide bonds. The van der Waals surface area contributed by atoms with Crippen molar-refractivity contribution in [1.82, 2.24) is 15.6 Å². The molecule has 8 heteroatoms. The van der Waals surface area contributed by atoms with Gasteiger partial charge in [0.05, 0.1) is 13.2 Å². The molecule has 1 aromatic rings. The van der Waals surface area contributed by atoms with E-state index in [9.17, 15) is 0 Å². The van der Waals surface area contributed by atoms with Crippen molar-refractivity contribution in [2.24, 2.45) is 4.99 Å². The average molecular weight is 494 g/mol. The van der Waals surface area contributed by atoms with Crippen molar-refractivity contribution in [3.05, 3.63) is 23.9 Å². The number of nitrogens with one attached hydrogen (secondary N) is 2. The van der Waals surface area contributed by atoms with E-state index in [4.69, 9.17) is 9.47 Å². The number of ether oxygens (including phenoxy) is 2. The van der Waals surface area contributed by atoms with Crippen molar-refractivity contribution >= 4 is 41.7 Å². The molecule has 0 aliphatic heterocycles. The van der Waals surface area contributed by atoms with E-state index in [2.05, 4.69) is 33.8 Å². The predicted molar refractivity (Wildman–Crippen MR) is 120 cm³/mol. The number of pyridine rings is 1. The van der Waals surface area contributed by atoms with Crippen molar-refractivity contribution < 1.29 is 9.47 Å². The van der Waals surface area contributed by atoms with Gasteiger partial charge in [-0.1, -0.05) is 6.07 Å². The fourth-order valence-corrected chi connectivity index (χ4v) is 3.58. The lowest BCUT2D eigenvalue weighted by atomic mass is 10.2. The Kier molecular flexibility index (Phi) is 12.0. The van der Waals surface area contributed by atoms with Crippen molar-refractivity contribution in [2.75, 3.05) is 33.1 Å². The molecule has 2 rings (SSSR count). The molecule has 0 saturated heterocycles. The largest absolute Gasteiger partial charge is 0.475 e. The third-order valence-electron chi connectivity index (χ3n) is 4.16. The smallest absolute Gasteiger partial charge is 0.213 e. The summed E-state index contributed by atoms with van der Waals surface area (Å²) in [5.41, 5.74) is 1.06. The first-order valence-electron chi connectivity index (χ1n) is 8.89. The number of thioether (sulfide) groups is 1. The van der Waals surface area contributed by atoms with E-state index >= 15 is 0 Å². The SMILES string of the molecule is CCNC(=NCc1ccc(OCCOC)nc1)NC1CCC(SC)C1.I. The second-order valence-electron chi connectivity index (χ2n) is 6.05. The maximum atomic E-state index is 5.48. The summed E-state index contributed by atoms with van der Waals surface area (Å²) in [6.07, 6.45) is 7.72. The highest BCUT2D eigenvalue weighted by atomic mass is 127. The number of guanidine groups is 1. The van der Waals surface area contributed by atoms with E-state index in [-0.39, 0.29) is 24.0 Å². The van der Waals surface area contributed by atoms with Gasteiger partial charge in [0.2, 0.25) is 5.88 Å². The summed E-state index contributed by atoms with van der Waals surface area (Å²) in [5.74, 6) is 1.50. The van der Waals surface area contributed by atoms with Gasteiger partial charge in [-0.25, -0.2) is 9.98 Å². The molecule has 2 unspecified atom stereocenters. The molecule has 148 valence electrons. The van der Waals surface area contributed by atoms with Gasteiger partial charge in [0.25, 0.3) is 0 Å². The number of nitrogens with zero attached hydrogens (tertiary/aromatic N) is 2. The summed E-state index contributed by atoms with van der Waals surface area (Å²) in [4.78, 5) is 9.00. The molecule has 1 saturated carbocycles. The van der Waals surface area contributed by atoms with Gasteiger partial charge in [-0.05, 0) is 38.0 Å². The topological polar surface area (TPSA) is 67.8 Å². The van der Waals surface area contributed by atoms with Crippen LogP contribution in [0, 0.1) is 0 Å². The van der Waals surface area contributed by atoms with Crippen LogP contribution in [0.1, 0.15) is 31.7 Å². The number of methoxy groups -OCH3 is 1. The molecule has 1 aliphatic carbocycles. The number of hydrogen-bond donors (Lipinski definition) is 2. The van der Waals surface area contributed by atoms with Gasteiger partial charge in [0.15, 0.2) is 5.96 Å². The summed E-state index contributed by atoms with van der Waals surface area (Å²) in [6, 6.07) is 4.40. The van der Waals surface area contributed by atoms with Crippen LogP contribution in [0.25, 0.3) is 0 Å². The molecule has 0 spiro atoms. The highest BCUT2D eigenvalue weighted by Crippen LogP contribution is 2.28. The second kappa shape index (κ2) is 13.4. The standard InChI is InChI=1S/C18H30N4O2S.HI/c1-4-19-18(22-15-6-7-16(11-15)25-3)21-13-14-5-8-17(20-12-14)24-10-9-23-2;/h5,8,12,15-16H,4,6-7,9-11,13H2,1-3H3,(H2,19,21,22);1H. The van der Waals surface area contributed by atoms with E-state index in [1.165, 1.54) is 19.3 Å². The van der Waals surface area contributed by atoms with E-state index in [0.29, 0.717) is 31.7 Å². The molecule has 1 aliphatic rings. The zero-order valence-electron chi connectivity index (χ0n) is 15.9. The Morgan fingerprint density at radius 3 is 2.81 bits per heavy atom. The van der Waals surface area contributed by atoms with Crippen LogP contribution in [0.4, 0.5) is 0 Å². The first-order valence-corrected chi connectivity index (χ1v) is 10.2. The van der Waals surface area contributed by atoms with Gasteiger partial charge in [-0.15, -0.1) is 24.0 Å². The van der Waals surface area contributed by atoms with E-state index < -0.39 is 0 Å². The molecule has 0 bridgehead atoms. The van der Waals surface area contributed by atoms with Crippen LogP contribution in [0.3, 0.4) is 0 Å². The zero-order valence-corrected chi connectivity index (χ0v) is 19.0. The van der Waals surface area contributed by atoms with Gasteiger partial charge < -0.3 is 20.1 Å². The Balaban J connectivity index is 0.00000338. The number of aromatic nitrogens is 1. The third kappa shape index (κ3) is 8.30. The van der Waals surface area contributed by atoms with E-state index in [1.54, 1.807) is 7.11 Å². The van der Waals surface area contributed by atoms with E-state index in [0.717, 1.165) is 23.3 Å². The van der Waals surface area contributed by atoms with Crippen LogP contribution in [0.15, 0.2) is 23.3 Å². The van der Waals surface area contributed by atoms with Crippen molar-refractivity contribution in [2.45, 2.75) is 44.0 Å². The van der Waals surface area contributed by atoms with Crippen LogP contribution >= 0.6 is 35.7 Å². The van der Waals surface area contributed by atoms with Crippen LogP contribution in [-0.2, 0) is 11.3 Å². The van der Waals surface area contributed by atoms with Crippen LogP contribution in [-0.4, -0.2) is 55.4 Å². The Morgan fingerprint density at radius 2 is 2.19 bits per heavy atom. The maximum Gasteiger partial charge on any atom is 0.213 e. The predicted octanol–water partition coefficient (Wildman–Crippen LogP) is 3.06. The summed E-state index contributed by atoms with van der Waals surface area (Å²) >= 11 is 1.97. The van der Waals surface area contributed by atoms with Gasteiger partial charge in [0, 0.05) is 37.2 Å². The summed E-state index contributed by atoms with van der Waals surface area (Å²) < 4.78 is 10.4. The monoisotopic (exact) mass is 494 g/mol. The molecule has 0 aromatic carbocycles. The van der Waals surface area contributed by atoms with Crippen LogP contribution in [0.2, 0.25) is 0 Å². The maximum absolute atomic E-state index is 5.48. The second-order valence-corrected chi connectivity index (χ2v) is 7.19. The fraction of sp³-hybridized carbons (Fsp3) is 0.667. The first-order chi connectivity index (χ1) is 12.2. The normalized spacial score (nSPS) is 19.7. The quantitative estimate of drug-likeness (QED) is 0.238. The molecule has 1 aromatic heterocycles. The van der Waals surface area contributed by atoms with E-state index in [1.807, 2.05) is 30.1 Å². The Labute approximate surface area is 178 Å². The van der Waals surface area contributed by atoms with Crippen molar-refractivity contribution in [1.29, 1.82) is 0 Å². The van der Waals surface area contributed by atoms with Crippen molar-refractivity contribution in [3.63, 3.8) is 0 Å². The lowest BCUT2D eigenvalue weighted by Crippen LogP contribution is -2.42. The Bertz CT molecular complexity index is 530. The lowest BCUT2D eigenvalue weighted by Gasteiger charge is -2.17. The molecule has 1 fully saturated rings. The lowest BCUT2D eigenvalue weighted by molar-refractivity contribution is 0.143. The zero-order chi connectivity index (χ0) is 17.9. The van der Waals surface area contributed by atoms with Gasteiger partial charge in [-0.3, -0.25) is 0 Å². The van der Waals surface area contributed by atoms with Gasteiger partial charge >= 0.3 is 0 Å². The molecular formula is C18H31IN4O2S. The molecular weight excluding hydrogens is 463 g/mol. The minimum Gasteiger partial charge on any atom is -0.475 e. The highest BCUT2D eigenvalue weighted by molar-refractivity contribution is 14.0. The van der Waals surface area contributed by atoms with Crippen molar-refractivity contribution in [3.8, 4) is 5.88 Å². The third-order valence-corrected chi connectivity index (χ3v) is 5.25. The average Bonchev–Trinajstić information content (AvgIpc) is 3.09. The molecule has 2 N–H and O–H groups in total. The molecule has 0 radical (unpaired) electrons. The fourth-order valence-electron chi connectivity index (χ4n) is 2.79. The number of halogens is 1. The number of aliphatic imine (C=N–C) groups is 1. The van der Waals surface area contributed by atoms with Crippen LogP contribution in [0.5, 0.6) is 5.88 Å². The first kappa shape index (κ1) is 23.3. The molecule has 2 atom stereocenters. The number of rotatable bonds is 9. The minimum absolute atomic E-state index is 0. The van der Waals surface area contributed by atoms with Gasteiger partial charge in [0.1, 0.15) is 6.61 Å². The molecule has 1 heterocycles. The van der Waals surface area contributed by atoms with Gasteiger partial charge in [-0.2, -0.15) is 11.8 Å². The summed E-state index contributed by atoms with van der Waals surface area (Å²) in [7, 11) is 1.65. The Hall–Kier alpha value is -0.740. The summed E-state index contributed by atoms with van der Waals surface area (Å²) in [6.45, 7) is 4.61. The number of hydrogen-bond acceptors (Lipinski definition) is 5. The molecule has 26 heavy (non-hydrogen) atoms. The summed E-state index contributed by atoms with van der Waals surface area (Å²) in [5, 5.41) is 7.67. The Morgan fingerprint density at radius 1 is 1.35 bits per heavy atom. The molecule has 6 nitrogen and oxygen atoms in total. The highest BCUT2D eigenvalue weighted by Gasteiger charge is 2.24.